The van der Waals surface area contributed by atoms with Gasteiger partial charge in [-0.2, -0.15) is 0 Å². The van der Waals surface area contributed by atoms with Gasteiger partial charge in [-0.15, -0.1) is 11.3 Å². The fraction of sp³-hybridized carbons (Fsp3) is 0.360. The van der Waals surface area contributed by atoms with Gasteiger partial charge in [-0.1, -0.05) is 32.0 Å². The van der Waals surface area contributed by atoms with Crippen molar-refractivity contribution in [3.63, 3.8) is 0 Å². The summed E-state index contributed by atoms with van der Waals surface area (Å²) in [5, 5.41) is 15.2. The molecule has 2 N–H and O–H groups in total. The number of Topliss-reactive ketones (excluding diaryl/α,β-unsaturated/α-hetero) is 1. The van der Waals surface area contributed by atoms with Gasteiger partial charge in [0.15, 0.2) is 5.78 Å². The maximum atomic E-state index is 13.4. The Labute approximate surface area is 186 Å². The van der Waals surface area contributed by atoms with E-state index in [1.54, 1.807) is 35.6 Å². The number of ketones is 1. The van der Waals surface area contributed by atoms with Crippen LogP contribution in [0.4, 0.5) is 0 Å². The minimum atomic E-state index is -0.506. The van der Waals surface area contributed by atoms with E-state index in [2.05, 4.69) is 11.4 Å². The van der Waals surface area contributed by atoms with Crippen LogP contribution in [0.5, 0.6) is 5.75 Å². The minimum Gasteiger partial charge on any atom is -0.508 e. The summed E-state index contributed by atoms with van der Waals surface area (Å²) in [5.41, 5.74) is 3.50. The number of thiophene rings is 1. The summed E-state index contributed by atoms with van der Waals surface area (Å²) in [6.07, 6.45) is 1.14. The molecule has 2 unspecified atom stereocenters. The number of carbonyl (C=O) groups is 2. The molecule has 6 heteroatoms. The second-order valence-electron chi connectivity index (χ2n) is 8.62. The molecule has 1 aromatic heterocycles. The second kappa shape index (κ2) is 8.71. The topological polar surface area (TPSA) is 75.6 Å². The quantitative estimate of drug-likeness (QED) is 0.643. The molecule has 0 radical (unpaired) electrons. The number of hydrogen-bond donors (Lipinski definition) is 2. The van der Waals surface area contributed by atoms with Crippen molar-refractivity contribution in [3.05, 3.63) is 74.8 Å². The summed E-state index contributed by atoms with van der Waals surface area (Å²) in [5.74, 6) is -0.367. The van der Waals surface area contributed by atoms with Gasteiger partial charge in [-0.25, -0.2) is 4.79 Å². The zero-order valence-corrected chi connectivity index (χ0v) is 18.8. The first-order valence-corrected chi connectivity index (χ1v) is 11.5. The van der Waals surface area contributed by atoms with Crippen LogP contribution in [0.1, 0.15) is 55.9 Å². The molecular weight excluding hydrogens is 410 g/mol. The molecule has 31 heavy (non-hydrogen) atoms. The highest BCUT2D eigenvalue weighted by Crippen LogP contribution is 2.46. The molecule has 162 valence electrons. The van der Waals surface area contributed by atoms with Crippen LogP contribution in [0, 0.1) is 5.92 Å². The molecule has 4 rings (SSSR count). The highest BCUT2D eigenvalue weighted by atomic mass is 32.1. The van der Waals surface area contributed by atoms with E-state index in [1.165, 1.54) is 4.88 Å². The highest BCUT2D eigenvalue weighted by Gasteiger charge is 2.41. The fourth-order valence-corrected chi connectivity index (χ4v) is 5.19. The standard InChI is InChI=1S/C25H27NO4S/c1-14(2)13-30-25(29)22-15(3)26-19-11-17(21-5-4-10-31-21)12-20(28)24(19)23(22)16-6-8-18(27)9-7-16/h4-10,14,17,23,26-27H,11-13H2,1-3H3. The van der Waals surface area contributed by atoms with Gasteiger partial charge < -0.3 is 15.2 Å². The molecule has 1 aliphatic heterocycles. The molecule has 0 amide bonds. The highest BCUT2D eigenvalue weighted by molar-refractivity contribution is 7.10. The molecule has 1 aliphatic carbocycles. The van der Waals surface area contributed by atoms with Gasteiger partial charge in [0.25, 0.3) is 0 Å². The summed E-state index contributed by atoms with van der Waals surface area (Å²) in [4.78, 5) is 27.7. The van der Waals surface area contributed by atoms with Crippen LogP contribution in [0.15, 0.2) is 64.3 Å². The summed E-state index contributed by atoms with van der Waals surface area (Å²) in [6.45, 7) is 6.16. The molecule has 5 nitrogen and oxygen atoms in total. The molecule has 1 aromatic carbocycles. The van der Waals surface area contributed by atoms with Gasteiger partial charge in [0.1, 0.15) is 5.75 Å². The Morgan fingerprint density at radius 2 is 1.97 bits per heavy atom. The second-order valence-corrected chi connectivity index (χ2v) is 9.60. The minimum absolute atomic E-state index is 0.0480. The molecular formula is C25H27NO4S. The van der Waals surface area contributed by atoms with Crippen LogP contribution in [0.3, 0.4) is 0 Å². The van der Waals surface area contributed by atoms with E-state index in [0.29, 0.717) is 29.9 Å². The number of phenols is 1. The lowest BCUT2D eigenvalue weighted by molar-refractivity contribution is -0.140. The Kier molecular flexibility index (Phi) is 6.01. The zero-order valence-electron chi connectivity index (χ0n) is 18.0. The summed E-state index contributed by atoms with van der Waals surface area (Å²) >= 11 is 1.67. The van der Waals surface area contributed by atoms with E-state index in [4.69, 9.17) is 4.74 Å². The molecule has 0 fully saturated rings. The lowest BCUT2D eigenvalue weighted by atomic mass is 9.72. The predicted molar refractivity (Wildman–Crippen MR) is 121 cm³/mol. The fourth-order valence-electron chi connectivity index (χ4n) is 4.35. The number of nitrogens with one attached hydrogen (secondary N) is 1. The van der Waals surface area contributed by atoms with E-state index >= 15 is 0 Å². The van der Waals surface area contributed by atoms with E-state index in [1.807, 2.05) is 32.2 Å². The number of dihydropyridines is 1. The number of rotatable bonds is 5. The molecule has 2 aromatic rings. The molecule has 2 heterocycles. The number of aromatic hydroxyl groups is 1. The molecule has 0 saturated heterocycles. The predicted octanol–water partition coefficient (Wildman–Crippen LogP) is 5.01. The number of ether oxygens (including phenoxy) is 1. The Balaban J connectivity index is 1.76. The van der Waals surface area contributed by atoms with Crippen molar-refractivity contribution in [1.29, 1.82) is 0 Å². The number of benzene rings is 1. The first-order valence-electron chi connectivity index (χ1n) is 10.6. The van der Waals surface area contributed by atoms with Crippen LogP contribution >= 0.6 is 11.3 Å². The van der Waals surface area contributed by atoms with Crippen LogP contribution in [0.25, 0.3) is 0 Å². The van der Waals surface area contributed by atoms with Gasteiger partial charge in [0.05, 0.1) is 12.2 Å². The zero-order chi connectivity index (χ0) is 22.1. The van der Waals surface area contributed by atoms with Crippen LogP contribution < -0.4 is 5.32 Å². The van der Waals surface area contributed by atoms with Crippen molar-refractivity contribution in [2.24, 2.45) is 5.92 Å². The summed E-state index contributed by atoms with van der Waals surface area (Å²) < 4.78 is 5.57. The summed E-state index contributed by atoms with van der Waals surface area (Å²) in [7, 11) is 0. The maximum Gasteiger partial charge on any atom is 0.336 e. The number of esters is 1. The third-order valence-electron chi connectivity index (χ3n) is 5.77. The Hall–Kier alpha value is -2.86. The van der Waals surface area contributed by atoms with Crippen molar-refractivity contribution in [2.45, 2.75) is 45.4 Å². The SMILES string of the molecule is CC1=C(C(=O)OCC(C)C)C(c2ccc(O)cc2)C2=C(CC(c3cccs3)CC2=O)N1. The Morgan fingerprint density at radius 3 is 2.61 bits per heavy atom. The lowest BCUT2D eigenvalue weighted by Crippen LogP contribution is -2.36. The molecule has 0 bridgehead atoms. The third kappa shape index (κ3) is 4.30. The van der Waals surface area contributed by atoms with Gasteiger partial charge in [0, 0.05) is 40.1 Å². The van der Waals surface area contributed by atoms with Crippen molar-refractivity contribution < 1.29 is 19.4 Å². The number of phenolic OH excluding ortho intramolecular Hbond substituents is 1. The van der Waals surface area contributed by atoms with E-state index in [-0.39, 0.29) is 23.4 Å². The van der Waals surface area contributed by atoms with Gasteiger partial charge in [-0.05, 0) is 48.4 Å². The number of carbonyl (C=O) groups excluding carboxylic acids is 2. The van der Waals surface area contributed by atoms with Crippen molar-refractivity contribution in [1.82, 2.24) is 5.32 Å². The number of hydrogen-bond acceptors (Lipinski definition) is 6. The Bertz CT molecular complexity index is 1050. The van der Waals surface area contributed by atoms with Crippen molar-refractivity contribution in [2.75, 3.05) is 6.61 Å². The average molecular weight is 438 g/mol. The van der Waals surface area contributed by atoms with Crippen molar-refractivity contribution >= 4 is 23.1 Å². The van der Waals surface area contributed by atoms with Gasteiger partial charge >= 0.3 is 5.97 Å². The van der Waals surface area contributed by atoms with Crippen LogP contribution in [-0.4, -0.2) is 23.5 Å². The number of allylic oxidation sites excluding steroid dienone is 3. The van der Waals surface area contributed by atoms with Crippen molar-refractivity contribution in [3.8, 4) is 5.75 Å². The first-order chi connectivity index (χ1) is 14.8. The average Bonchev–Trinajstić information content (AvgIpc) is 3.26. The smallest absolute Gasteiger partial charge is 0.336 e. The maximum absolute atomic E-state index is 13.4. The summed E-state index contributed by atoms with van der Waals surface area (Å²) in [6, 6.07) is 10.8. The first kappa shape index (κ1) is 21.4. The van der Waals surface area contributed by atoms with E-state index in [0.717, 1.165) is 17.7 Å². The Morgan fingerprint density at radius 1 is 1.23 bits per heavy atom. The lowest BCUT2D eigenvalue weighted by Gasteiger charge is -2.36. The molecule has 0 spiro atoms. The third-order valence-corrected chi connectivity index (χ3v) is 6.80. The van der Waals surface area contributed by atoms with Gasteiger partial charge in [0.2, 0.25) is 0 Å². The molecule has 2 aliphatic rings. The molecule has 2 atom stereocenters. The van der Waals surface area contributed by atoms with E-state index < -0.39 is 11.9 Å². The van der Waals surface area contributed by atoms with Crippen LogP contribution in [0.2, 0.25) is 0 Å². The van der Waals surface area contributed by atoms with Gasteiger partial charge in [-0.3, -0.25) is 4.79 Å². The largest absolute Gasteiger partial charge is 0.508 e. The van der Waals surface area contributed by atoms with E-state index in [9.17, 15) is 14.7 Å². The monoisotopic (exact) mass is 437 g/mol. The normalized spacial score (nSPS) is 21.2. The molecule has 0 saturated carbocycles. The van der Waals surface area contributed by atoms with Crippen LogP contribution in [-0.2, 0) is 14.3 Å².